The Hall–Kier alpha value is -2.22. The number of likely N-dealkylation sites (tertiary alicyclic amines) is 2. The van der Waals surface area contributed by atoms with Gasteiger partial charge in [-0.25, -0.2) is 0 Å². The van der Waals surface area contributed by atoms with E-state index in [-0.39, 0.29) is 47.3 Å². The van der Waals surface area contributed by atoms with E-state index in [9.17, 15) is 19.2 Å². The maximum absolute atomic E-state index is 13.5. The smallest absolute Gasteiger partial charge is 0.245 e. The van der Waals surface area contributed by atoms with Gasteiger partial charge in [0.05, 0.1) is 25.0 Å². The molecule has 0 bridgehead atoms. The van der Waals surface area contributed by atoms with Gasteiger partial charge in [-0.2, -0.15) is 0 Å². The molecule has 32 heavy (non-hydrogen) atoms. The van der Waals surface area contributed by atoms with E-state index in [1.807, 2.05) is 30.9 Å². The largest absolute Gasteiger partial charge is 0.378 e. The Balaban J connectivity index is 1.42. The molecule has 0 saturated carbocycles. The van der Waals surface area contributed by atoms with E-state index in [0.29, 0.717) is 71.5 Å². The number of hydrogen-bond acceptors (Lipinski definition) is 5. The molecule has 0 aromatic rings. The van der Waals surface area contributed by atoms with E-state index in [1.54, 1.807) is 4.90 Å². The van der Waals surface area contributed by atoms with Crippen molar-refractivity contribution in [3.8, 4) is 0 Å². The molecular weight excluding hydrogens is 410 g/mol. The molecule has 3 fully saturated rings. The van der Waals surface area contributed by atoms with Crippen LogP contribution in [-0.2, 0) is 23.9 Å². The van der Waals surface area contributed by atoms with Gasteiger partial charge in [-0.05, 0) is 38.0 Å². The van der Waals surface area contributed by atoms with Crippen LogP contribution in [0.25, 0.3) is 0 Å². The molecule has 0 spiro atoms. The van der Waals surface area contributed by atoms with Gasteiger partial charge >= 0.3 is 0 Å². The summed E-state index contributed by atoms with van der Waals surface area (Å²) in [6.07, 6.45) is 6.78. The molecule has 0 aromatic carbocycles. The maximum Gasteiger partial charge on any atom is 0.245 e. The van der Waals surface area contributed by atoms with Gasteiger partial charge in [0.2, 0.25) is 23.6 Å². The molecular formula is C24H35N3O5. The lowest BCUT2D eigenvalue weighted by Gasteiger charge is -2.38. The summed E-state index contributed by atoms with van der Waals surface area (Å²) in [6, 6.07) is -0.743. The second-order valence-corrected chi connectivity index (χ2v) is 9.88. The van der Waals surface area contributed by atoms with Crippen molar-refractivity contribution in [2.45, 2.75) is 52.0 Å². The number of rotatable bonds is 5. The first-order valence-electron chi connectivity index (χ1n) is 12.1. The van der Waals surface area contributed by atoms with Crippen molar-refractivity contribution in [1.82, 2.24) is 14.7 Å². The van der Waals surface area contributed by atoms with Crippen molar-refractivity contribution < 1.29 is 23.9 Å². The van der Waals surface area contributed by atoms with Crippen LogP contribution in [0.3, 0.4) is 0 Å². The number of nitrogens with zero attached hydrogens (tertiary/aromatic N) is 3. The topological polar surface area (TPSA) is 87.2 Å². The van der Waals surface area contributed by atoms with Crippen molar-refractivity contribution in [3.05, 3.63) is 12.2 Å². The van der Waals surface area contributed by atoms with Gasteiger partial charge in [0, 0.05) is 32.1 Å². The molecule has 4 rings (SSSR count). The number of allylic oxidation sites excluding steroid dienone is 2. The molecule has 4 amide bonds. The molecule has 0 N–H and O–H groups in total. The monoisotopic (exact) mass is 445 g/mol. The van der Waals surface area contributed by atoms with Crippen LogP contribution < -0.4 is 0 Å². The number of imide groups is 1. The molecule has 3 heterocycles. The number of ether oxygens (including phenoxy) is 1. The summed E-state index contributed by atoms with van der Waals surface area (Å²) in [5, 5.41) is 0. The van der Waals surface area contributed by atoms with E-state index in [1.165, 1.54) is 4.90 Å². The van der Waals surface area contributed by atoms with Crippen LogP contribution >= 0.6 is 0 Å². The molecule has 3 atom stereocenters. The Kier molecular flexibility index (Phi) is 6.98. The second kappa shape index (κ2) is 9.73. The summed E-state index contributed by atoms with van der Waals surface area (Å²) in [7, 11) is 0. The number of fused-ring (bicyclic) bond motifs is 1. The standard InChI is InChI=1S/C24H35N3O5/c1-16(2)15-20(27-22(29)18-5-3-4-6-19(18)23(27)30)24(31)25-9-7-17(8-10-25)21(28)26-11-13-32-14-12-26/h3-4,16-20H,5-15H2,1-2H3. The fraction of sp³-hybridized carbons (Fsp3) is 0.750. The van der Waals surface area contributed by atoms with Crippen LogP contribution in [0.5, 0.6) is 0 Å². The zero-order chi connectivity index (χ0) is 22.8. The van der Waals surface area contributed by atoms with Gasteiger partial charge in [-0.1, -0.05) is 26.0 Å². The Morgan fingerprint density at radius 1 is 0.938 bits per heavy atom. The lowest BCUT2D eigenvalue weighted by Crippen LogP contribution is -2.54. The number of carbonyl (C=O) groups excluding carboxylic acids is 4. The highest BCUT2D eigenvalue weighted by Crippen LogP contribution is 2.37. The van der Waals surface area contributed by atoms with Gasteiger partial charge in [-0.15, -0.1) is 0 Å². The summed E-state index contributed by atoms with van der Waals surface area (Å²) < 4.78 is 5.33. The molecule has 0 aromatic heterocycles. The molecule has 1 aliphatic carbocycles. The SMILES string of the molecule is CC(C)CC(C(=O)N1CCC(C(=O)N2CCOCC2)CC1)N1C(=O)C2CC=CCC2C1=O. The number of piperidine rings is 1. The number of morpholine rings is 1. The number of hydrogen-bond donors (Lipinski definition) is 0. The Bertz CT molecular complexity index is 755. The normalized spacial score (nSPS) is 27.8. The highest BCUT2D eigenvalue weighted by molar-refractivity contribution is 6.08. The maximum atomic E-state index is 13.5. The van der Waals surface area contributed by atoms with Crippen LogP contribution in [0, 0.1) is 23.7 Å². The van der Waals surface area contributed by atoms with Gasteiger partial charge in [-0.3, -0.25) is 24.1 Å². The third-order valence-electron chi connectivity index (χ3n) is 7.31. The lowest BCUT2D eigenvalue weighted by atomic mass is 9.85. The fourth-order valence-electron chi connectivity index (χ4n) is 5.50. The first-order chi connectivity index (χ1) is 15.4. The highest BCUT2D eigenvalue weighted by Gasteiger charge is 2.52. The highest BCUT2D eigenvalue weighted by atomic mass is 16.5. The average molecular weight is 446 g/mol. The summed E-state index contributed by atoms with van der Waals surface area (Å²) in [5.74, 6) is -0.944. The van der Waals surface area contributed by atoms with Crippen LogP contribution in [0.15, 0.2) is 12.2 Å². The van der Waals surface area contributed by atoms with E-state index >= 15 is 0 Å². The predicted molar refractivity (Wildman–Crippen MR) is 117 cm³/mol. The zero-order valence-corrected chi connectivity index (χ0v) is 19.2. The van der Waals surface area contributed by atoms with Gasteiger partial charge in [0.1, 0.15) is 6.04 Å². The Labute approximate surface area is 189 Å². The first kappa shape index (κ1) is 23.0. The molecule has 0 radical (unpaired) electrons. The zero-order valence-electron chi connectivity index (χ0n) is 19.2. The van der Waals surface area contributed by atoms with E-state index in [0.717, 1.165) is 0 Å². The molecule has 8 heteroatoms. The third kappa shape index (κ3) is 4.47. The van der Waals surface area contributed by atoms with Crippen molar-refractivity contribution in [2.75, 3.05) is 39.4 Å². The minimum Gasteiger partial charge on any atom is -0.378 e. The van der Waals surface area contributed by atoms with E-state index < -0.39 is 6.04 Å². The molecule has 176 valence electrons. The van der Waals surface area contributed by atoms with Crippen molar-refractivity contribution in [2.24, 2.45) is 23.7 Å². The summed E-state index contributed by atoms with van der Waals surface area (Å²) >= 11 is 0. The van der Waals surface area contributed by atoms with Crippen LogP contribution in [-0.4, -0.2) is 83.8 Å². The first-order valence-corrected chi connectivity index (χ1v) is 12.1. The molecule has 3 aliphatic heterocycles. The van der Waals surface area contributed by atoms with E-state index in [2.05, 4.69) is 0 Å². The van der Waals surface area contributed by atoms with Gasteiger partial charge in [0.15, 0.2) is 0 Å². The fourth-order valence-corrected chi connectivity index (χ4v) is 5.50. The minimum absolute atomic E-state index is 0.0790. The predicted octanol–water partition coefficient (Wildman–Crippen LogP) is 1.45. The van der Waals surface area contributed by atoms with Crippen LogP contribution in [0.4, 0.5) is 0 Å². The summed E-state index contributed by atoms with van der Waals surface area (Å²) in [6.45, 7) is 7.40. The minimum atomic E-state index is -0.743. The summed E-state index contributed by atoms with van der Waals surface area (Å²) in [5.41, 5.74) is 0. The van der Waals surface area contributed by atoms with Crippen LogP contribution in [0.1, 0.15) is 46.0 Å². The number of amides is 4. The van der Waals surface area contributed by atoms with Crippen molar-refractivity contribution in [1.29, 1.82) is 0 Å². The number of carbonyl (C=O) groups is 4. The van der Waals surface area contributed by atoms with Crippen LogP contribution in [0.2, 0.25) is 0 Å². The second-order valence-electron chi connectivity index (χ2n) is 9.88. The molecule has 3 saturated heterocycles. The molecule has 3 unspecified atom stereocenters. The van der Waals surface area contributed by atoms with Crippen molar-refractivity contribution in [3.63, 3.8) is 0 Å². The van der Waals surface area contributed by atoms with Crippen molar-refractivity contribution >= 4 is 23.6 Å². The third-order valence-corrected chi connectivity index (χ3v) is 7.31. The van der Waals surface area contributed by atoms with E-state index in [4.69, 9.17) is 4.74 Å². The average Bonchev–Trinajstić information content (AvgIpc) is 3.07. The van der Waals surface area contributed by atoms with Gasteiger partial charge in [0.25, 0.3) is 0 Å². The molecule has 4 aliphatic rings. The lowest BCUT2D eigenvalue weighted by molar-refractivity contribution is -0.153. The summed E-state index contributed by atoms with van der Waals surface area (Å²) in [4.78, 5) is 57.5. The quantitative estimate of drug-likeness (QED) is 0.472. The van der Waals surface area contributed by atoms with Gasteiger partial charge < -0.3 is 14.5 Å². The molecule has 8 nitrogen and oxygen atoms in total. The Morgan fingerprint density at radius 3 is 2.03 bits per heavy atom. The Morgan fingerprint density at radius 2 is 1.50 bits per heavy atom.